The van der Waals surface area contributed by atoms with E-state index in [0.717, 1.165) is 43.4 Å². The van der Waals surface area contributed by atoms with Crippen molar-refractivity contribution in [2.45, 2.75) is 24.1 Å². The van der Waals surface area contributed by atoms with Crippen LogP contribution in [0.1, 0.15) is 26.6 Å². The average molecular weight is 435 g/mol. The smallest absolute Gasteiger partial charge is 0.251 e. The lowest BCUT2D eigenvalue weighted by Gasteiger charge is -2.08. The highest BCUT2D eigenvalue weighted by Crippen LogP contribution is 2.24. The summed E-state index contributed by atoms with van der Waals surface area (Å²) in [5, 5.41) is 8.42. The van der Waals surface area contributed by atoms with Crippen molar-refractivity contribution >= 4 is 39.8 Å². The van der Waals surface area contributed by atoms with Gasteiger partial charge in [-0.25, -0.2) is 4.98 Å². The van der Waals surface area contributed by atoms with Crippen LogP contribution in [0.25, 0.3) is 10.8 Å². The highest BCUT2D eigenvalue weighted by Gasteiger charge is 2.07. The van der Waals surface area contributed by atoms with E-state index in [4.69, 9.17) is 4.74 Å². The molecule has 0 fully saturated rings. The van der Waals surface area contributed by atoms with Crippen LogP contribution in [-0.2, 0) is 12.3 Å². The summed E-state index contributed by atoms with van der Waals surface area (Å²) in [6, 6.07) is 19.9. The number of aromatic nitrogens is 1. The Hall–Kier alpha value is -2.83. The van der Waals surface area contributed by atoms with Crippen LogP contribution in [0.4, 0.5) is 0 Å². The average Bonchev–Trinajstić information content (AvgIpc) is 3.21. The topological polar surface area (TPSA) is 51.2 Å². The van der Waals surface area contributed by atoms with E-state index in [0.29, 0.717) is 12.1 Å². The molecule has 0 spiro atoms. The Morgan fingerprint density at radius 3 is 2.57 bits per heavy atom. The predicted octanol–water partition coefficient (Wildman–Crippen LogP) is 5.84. The number of aryl methyl sites for hydroxylation is 1. The van der Waals surface area contributed by atoms with E-state index in [1.54, 1.807) is 30.2 Å². The predicted molar refractivity (Wildman–Crippen MR) is 125 cm³/mol. The molecule has 0 atom stereocenters. The molecule has 0 radical (unpaired) electrons. The van der Waals surface area contributed by atoms with Crippen LogP contribution in [0.15, 0.2) is 70.9 Å². The van der Waals surface area contributed by atoms with Gasteiger partial charge in [0.25, 0.3) is 5.91 Å². The van der Waals surface area contributed by atoms with Gasteiger partial charge < -0.3 is 10.1 Å². The van der Waals surface area contributed by atoms with Crippen LogP contribution in [-0.4, -0.2) is 18.0 Å². The number of amides is 1. The summed E-state index contributed by atoms with van der Waals surface area (Å²) >= 11 is 3.39. The Kier molecular flexibility index (Phi) is 6.35. The maximum absolute atomic E-state index is 12.5. The minimum absolute atomic E-state index is 0.0727. The van der Waals surface area contributed by atoms with Crippen LogP contribution >= 0.6 is 23.1 Å². The molecule has 0 bridgehead atoms. The van der Waals surface area contributed by atoms with Gasteiger partial charge in [0.05, 0.1) is 17.8 Å². The van der Waals surface area contributed by atoms with Gasteiger partial charge in [0, 0.05) is 28.1 Å². The number of fused-ring (bicyclic) bond motifs is 1. The zero-order valence-corrected chi connectivity index (χ0v) is 18.5. The Morgan fingerprint density at radius 1 is 1.07 bits per heavy atom. The molecule has 4 aromatic rings. The van der Waals surface area contributed by atoms with Crippen LogP contribution in [0, 0.1) is 6.92 Å². The third-order valence-electron chi connectivity index (χ3n) is 4.73. The lowest BCUT2D eigenvalue weighted by atomic mass is 10.1. The highest BCUT2D eigenvalue weighted by atomic mass is 32.2. The highest BCUT2D eigenvalue weighted by molar-refractivity contribution is 7.98. The fourth-order valence-electron chi connectivity index (χ4n) is 3.13. The normalized spacial score (nSPS) is 10.9. The number of hydrogen-bond donors (Lipinski definition) is 1. The maximum atomic E-state index is 12.5. The first-order valence-electron chi connectivity index (χ1n) is 9.59. The number of thioether (sulfide) groups is 1. The quantitative estimate of drug-likeness (QED) is 0.372. The number of rotatable bonds is 7. The second-order valence-electron chi connectivity index (χ2n) is 6.90. The third-order valence-corrected chi connectivity index (χ3v) is 6.60. The van der Waals surface area contributed by atoms with Gasteiger partial charge in [0.2, 0.25) is 0 Å². The largest absolute Gasteiger partial charge is 0.497 e. The molecule has 1 heterocycles. The van der Waals surface area contributed by atoms with Crippen molar-refractivity contribution in [3.05, 3.63) is 87.9 Å². The van der Waals surface area contributed by atoms with Crippen molar-refractivity contribution in [3.63, 3.8) is 0 Å². The van der Waals surface area contributed by atoms with Crippen molar-refractivity contribution in [3.8, 4) is 5.75 Å². The lowest BCUT2D eigenvalue weighted by Crippen LogP contribution is -2.22. The molecule has 4 nitrogen and oxygen atoms in total. The van der Waals surface area contributed by atoms with Crippen LogP contribution in [0.5, 0.6) is 5.75 Å². The van der Waals surface area contributed by atoms with Gasteiger partial charge in [-0.1, -0.05) is 18.2 Å². The van der Waals surface area contributed by atoms with Gasteiger partial charge in [-0.2, -0.15) is 0 Å². The van der Waals surface area contributed by atoms with Gasteiger partial charge in [-0.3, -0.25) is 4.79 Å². The molecule has 1 N–H and O–H groups in total. The number of benzene rings is 3. The van der Waals surface area contributed by atoms with Crippen molar-refractivity contribution in [1.82, 2.24) is 10.3 Å². The number of carbonyl (C=O) groups is 1. The number of hydrogen-bond acceptors (Lipinski definition) is 5. The molecular weight excluding hydrogens is 412 g/mol. The van der Waals surface area contributed by atoms with Gasteiger partial charge in [-0.05, 0) is 65.7 Å². The van der Waals surface area contributed by atoms with E-state index in [1.165, 1.54) is 0 Å². The summed E-state index contributed by atoms with van der Waals surface area (Å²) in [4.78, 5) is 18.1. The molecule has 30 heavy (non-hydrogen) atoms. The molecule has 0 aliphatic carbocycles. The molecule has 152 valence electrons. The summed E-state index contributed by atoms with van der Waals surface area (Å²) in [6.07, 6.45) is 0. The molecule has 4 rings (SSSR count). The first-order chi connectivity index (χ1) is 14.6. The fraction of sp³-hybridized carbons (Fsp3) is 0.167. The number of carbonyl (C=O) groups excluding carboxylic acids is 1. The molecule has 3 aromatic carbocycles. The molecule has 0 aliphatic rings. The van der Waals surface area contributed by atoms with Crippen molar-refractivity contribution in [1.29, 1.82) is 0 Å². The van der Waals surface area contributed by atoms with Gasteiger partial charge in [0.1, 0.15) is 5.75 Å². The van der Waals surface area contributed by atoms with Crippen molar-refractivity contribution in [2.24, 2.45) is 0 Å². The number of methoxy groups -OCH3 is 1. The second kappa shape index (κ2) is 9.32. The van der Waals surface area contributed by atoms with Crippen LogP contribution in [0.3, 0.4) is 0 Å². The van der Waals surface area contributed by atoms with Gasteiger partial charge >= 0.3 is 0 Å². The second-order valence-corrected chi connectivity index (χ2v) is 9.01. The first kappa shape index (κ1) is 20.4. The minimum Gasteiger partial charge on any atom is -0.497 e. The summed E-state index contributed by atoms with van der Waals surface area (Å²) in [5.41, 5.74) is 2.82. The van der Waals surface area contributed by atoms with E-state index >= 15 is 0 Å². The Labute approximate surface area is 184 Å². The standard InChI is InChI=1S/C24H22N2O2S2/c1-16-26-21(14-29-16)15-30-23-9-6-18(7-10-23)24(27)25-13-17-3-4-20-12-22(28-2)8-5-19(20)11-17/h3-12,14H,13,15H2,1-2H3,(H,25,27). The zero-order valence-electron chi connectivity index (χ0n) is 16.8. The van der Waals surface area contributed by atoms with Gasteiger partial charge in [0.15, 0.2) is 0 Å². The molecule has 0 aliphatic heterocycles. The molecule has 6 heteroatoms. The summed E-state index contributed by atoms with van der Waals surface area (Å²) < 4.78 is 5.27. The summed E-state index contributed by atoms with van der Waals surface area (Å²) in [6.45, 7) is 2.50. The summed E-state index contributed by atoms with van der Waals surface area (Å²) in [5.74, 6) is 1.60. The number of ether oxygens (including phenoxy) is 1. The molecular formula is C24H22N2O2S2. The SMILES string of the molecule is COc1ccc2cc(CNC(=O)c3ccc(SCc4csc(C)n4)cc3)ccc2c1. The number of nitrogens with one attached hydrogen (secondary N) is 1. The summed E-state index contributed by atoms with van der Waals surface area (Å²) in [7, 11) is 1.66. The van der Waals surface area contributed by atoms with Crippen molar-refractivity contribution in [2.75, 3.05) is 7.11 Å². The van der Waals surface area contributed by atoms with E-state index < -0.39 is 0 Å². The monoisotopic (exact) mass is 434 g/mol. The van der Waals surface area contributed by atoms with Crippen LogP contribution < -0.4 is 10.1 Å². The Balaban J connectivity index is 1.33. The Bertz CT molecular complexity index is 1170. The third kappa shape index (κ3) is 5.01. The van der Waals surface area contributed by atoms with Crippen LogP contribution in [0.2, 0.25) is 0 Å². The molecule has 0 saturated carbocycles. The first-order valence-corrected chi connectivity index (χ1v) is 11.5. The minimum atomic E-state index is -0.0727. The molecule has 1 aromatic heterocycles. The fourth-order valence-corrected chi connectivity index (χ4v) is 4.64. The molecule has 0 saturated heterocycles. The Morgan fingerprint density at radius 2 is 1.83 bits per heavy atom. The van der Waals surface area contributed by atoms with Crippen molar-refractivity contribution < 1.29 is 9.53 Å². The lowest BCUT2D eigenvalue weighted by molar-refractivity contribution is 0.0951. The zero-order chi connectivity index (χ0) is 20.9. The molecule has 1 amide bonds. The van der Waals surface area contributed by atoms with E-state index in [9.17, 15) is 4.79 Å². The number of nitrogens with zero attached hydrogens (tertiary/aromatic N) is 1. The van der Waals surface area contributed by atoms with E-state index in [-0.39, 0.29) is 5.91 Å². The maximum Gasteiger partial charge on any atom is 0.251 e. The van der Waals surface area contributed by atoms with E-state index in [1.807, 2.05) is 55.5 Å². The van der Waals surface area contributed by atoms with E-state index in [2.05, 4.69) is 27.8 Å². The molecule has 0 unspecified atom stereocenters. The number of thiazole rings is 1. The van der Waals surface area contributed by atoms with Gasteiger partial charge in [-0.15, -0.1) is 23.1 Å².